The minimum Gasteiger partial charge on any atom is -0.496 e. The van der Waals surface area contributed by atoms with Gasteiger partial charge in [-0.3, -0.25) is 4.79 Å². The Morgan fingerprint density at radius 3 is 2.53 bits per heavy atom. The highest BCUT2D eigenvalue weighted by atomic mass is 19.4. The van der Waals surface area contributed by atoms with Crippen molar-refractivity contribution in [3.05, 3.63) is 59.2 Å². The third-order valence-corrected chi connectivity index (χ3v) is 5.55. The van der Waals surface area contributed by atoms with Gasteiger partial charge in [0.2, 0.25) is 5.91 Å². The fourth-order valence-electron chi connectivity index (χ4n) is 3.86. The fourth-order valence-corrected chi connectivity index (χ4v) is 3.86. The van der Waals surface area contributed by atoms with Gasteiger partial charge in [-0.25, -0.2) is 0 Å². The maximum Gasteiger partial charge on any atom is 0.573 e. The minimum atomic E-state index is -4.78. The van der Waals surface area contributed by atoms with E-state index in [-0.39, 0.29) is 23.1 Å². The van der Waals surface area contributed by atoms with Crippen LogP contribution in [0.2, 0.25) is 0 Å². The van der Waals surface area contributed by atoms with E-state index in [0.29, 0.717) is 24.9 Å². The summed E-state index contributed by atoms with van der Waals surface area (Å²) in [6.07, 6.45) is -3.88. The van der Waals surface area contributed by atoms with Crippen LogP contribution >= 0.6 is 0 Å². The van der Waals surface area contributed by atoms with Gasteiger partial charge in [0.05, 0.1) is 13.2 Å². The van der Waals surface area contributed by atoms with Crippen LogP contribution in [0.15, 0.2) is 42.5 Å². The number of hydrogen-bond acceptors (Lipinski definition) is 4. The molecule has 0 spiro atoms. The predicted molar refractivity (Wildman–Crippen MR) is 116 cm³/mol. The summed E-state index contributed by atoms with van der Waals surface area (Å²) >= 11 is 0. The molecule has 1 saturated heterocycles. The lowest BCUT2D eigenvalue weighted by atomic mass is 9.86. The van der Waals surface area contributed by atoms with Crippen LogP contribution < -0.4 is 20.1 Å². The Hall–Kier alpha value is -2.74. The Morgan fingerprint density at radius 1 is 1.12 bits per heavy atom. The number of alkyl halides is 3. The molecule has 0 bridgehead atoms. The third kappa shape index (κ3) is 6.16. The Balaban J connectivity index is 1.81. The highest BCUT2D eigenvalue weighted by molar-refractivity contribution is 5.77. The smallest absolute Gasteiger partial charge is 0.496 e. The maximum absolute atomic E-state index is 12.6. The number of nitrogens with one attached hydrogen (secondary N) is 2. The molecular weight excluding hydrogens is 421 g/mol. The topological polar surface area (TPSA) is 59.6 Å². The Kier molecular flexibility index (Phi) is 7.03. The van der Waals surface area contributed by atoms with Crippen molar-refractivity contribution in [2.24, 2.45) is 0 Å². The van der Waals surface area contributed by atoms with Gasteiger partial charge in [-0.2, -0.15) is 0 Å². The minimum absolute atomic E-state index is 0.0265. The summed E-state index contributed by atoms with van der Waals surface area (Å²) in [6, 6.07) is 11.2. The number of methoxy groups -OCH3 is 1. The number of rotatable bonds is 6. The second-order valence-corrected chi connectivity index (χ2v) is 8.97. The summed E-state index contributed by atoms with van der Waals surface area (Å²) in [5, 5.41) is 6.37. The van der Waals surface area contributed by atoms with Crippen LogP contribution in [0.4, 0.5) is 13.2 Å². The van der Waals surface area contributed by atoms with E-state index in [1.54, 1.807) is 13.2 Å². The van der Waals surface area contributed by atoms with Crippen LogP contribution in [-0.2, 0) is 16.8 Å². The molecule has 2 aromatic carbocycles. The van der Waals surface area contributed by atoms with Crippen LogP contribution in [0.3, 0.4) is 0 Å². The van der Waals surface area contributed by atoms with E-state index in [1.807, 2.05) is 12.1 Å². The standard InChI is InChI=1S/C24H29F3N2O3/c1-23(2,3)17-8-10-20(31-4)16(12-17)14-28-19-9-11-21(30)29-22(19)15-6-5-7-18(13-15)32-24(25,26)27/h5-8,10,12-13,19,22,28H,9,11,14H2,1-4H3,(H,29,30)/t19-,22-/m0/s1. The predicted octanol–water partition coefficient (Wildman–Crippen LogP) is 5.00. The van der Waals surface area contributed by atoms with Crippen molar-refractivity contribution < 1.29 is 27.4 Å². The third-order valence-electron chi connectivity index (χ3n) is 5.55. The van der Waals surface area contributed by atoms with Crippen LogP contribution in [0.5, 0.6) is 11.5 Å². The van der Waals surface area contributed by atoms with Gasteiger partial charge in [0.25, 0.3) is 0 Å². The van der Waals surface area contributed by atoms with E-state index < -0.39 is 12.4 Å². The average Bonchev–Trinajstić information content (AvgIpc) is 2.71. The summed E-state index contributed by atoms with van der Waals surface area (Å²) in [5.74, 6) is 0.304. The first-order chi connectivity index (χ1) is 15.0. The zero-order valence-electron chi connectivity index (χ0n) is 18.7. The number of benzene rings is 2. The van der Waals surface area contributed by atoms with Gasteiger partial charge in [-0.05, 0) is 41.2 Å². The summed E-state index contributed by atoms with van der Waals surface area (Å²) in [7, 11) is 1.62. The first kappa shape index (κ1) is 23.9. The largest absolute Gasteiger partial charge is 0.573 e. The molecule has 1 fully saturated rings. The van der Waals surface area contributed by atoms with Gasteiger partial charge in [0.1, 0.15) is 11.5 Å². The molecule has 1 heterocycles. The lowest BCUT2D eigenvalue weighted by molar-refractivity contribution is -0.274. The molecule has 3 rings (SSSR count). The fraction of sp³-hybridized carbons (Fsp3) is 0.458. The van der Waals surface area contributed by atoms with Crippen molar-refractivity contribution in [3.8, 4) is 11.5 Å². The zero-order chi connectivity index (χ0) is 23.5. The highest BCUT2D eigenvalue weighted by Crippen LogP contribution is 2.31. The van der Waals surface area contributed by atoms with E-state index >= 15 is 0 Å². The Labute approximate surface area is 186 Å². The monoisotopic (exact) mass is 450 g/mol. The normalized spacial score (nSPS) is 19.4. The van der Waals surface area contributed by atoms with Gasteiger partial charge in [0.15, 0.2) is 0 Å². The number of hydrogen-bond donors (Lipinski definition) is 2. The molecule has 0 unspecified atom stereocenters. The van der Waals surface area contributed by atoms with Crippen LogP contribution in [0, 0.1) is 0 Å². The molecular formula is C24H29F3N2O3. The summed E-state index contributed by atoms with van der Waals surface area (Å²) < 4.78 is 47.5. The molecule has 0 aromatic heterocycles. The summed E-state index contributed by atoms with van der Waals surface area (Å²) in [4.78, 5) is 12.1. The van der Waals surface area contributed by atoms with E-state index in [4.69, 9.17) is 4.74 Å². The van der Waals surface area contributed by atoms with E-state index in [1.165, 1.54) is 23.8 Å². The van der Waals surface area contributed by atoms with Gasteiger partial charge in [-0.1, -0.05) is 45.0 Å². The van der Waals surface area contributed by atoms with Crippen molar-refractivity contribution in [1.82, 2.24) is 10.6 Å². The SMILES string of the molecule is COc1ccc(C(C)(C)C)cc1CN[C@H]1CCC(=O)N[C@H]1c1cccc(OC(F)(F)F)c1. The number of ether oxygens (including phenoxy) is 2. The van der Waals surface area contributed by atoms with Crippen LogP contribution in [0.1, 0.15) is 56.3 Å². The quantitative estimate of drug-likeness (QED) is 0.650. The first-order valence-electron chi connectivity index (χ1n) is 10.5. The van der Waals surface area contributed by atoms with Crippen LogP contribution in [0.25, 0.3) is 0 Å². The molecule has 1 aliphatic heterocycles. The molecule has 2 N–H and O–H groups in total. The molecule has 174 valence electrons. The lowest BCUT2D eigenvalue weighted by Crippen LogP contribution is -2.48. The Bertz CT molecular complexity index is 954. The van der Waals surface area contributed by atoms with E-state index in [9.17, 15) is 18.0 Å². The lowest BCUT2D eigenvalue weighted by Gasteiger charge is -2.34. The molecule has 2 aromatic rings. The molecule has 0 radical (unpaired) electrons. The second kappa shape index (κ2) is 9.40. The first-order valence-corrected chi connectivity index (χ1v) is 10.5. The average molecular weight is 451 g/mol. The van der Waals surface area contributed by atoms with Crippen molar-refractivity contribution >= 4 is 5.91 Å². The second-order valence-electron chi connectivity index (χ2n) is 8.97. The van der Waals surface area contributed by atoms with Gasteiger partial charge in [0, 0.05) is 24.6 Å². The maximum atomic E-state index is 12.6. The highest BCUT2D eigenvalue weighted by Gasteiger charge is 2.33. The molecule has 0 aliphatic carbocycles. The Morgan fingerprint density at radius 2 is 1.88 bits per heavy atom. The van der Waals surface area contributed by atoms with Gasteiger partial charge >= 0.3 is 6.36 Å². The molecule has 2 atom stereocenters. The molecule has 0 saturated carbocycles. The van der Waals surface area contributed by atoms with Crippen LogP contribution in [-0.4, -0.2) is 25.4 Å². The van der Waals surface area contributed by atoms with Gasteiger partial charge < -0.3 is 20.1 Å². The van der Waals surface area contributed by atoms with E-state index in [2.05, 4.69) is 42.2 Å². The molecule has 32 heavy (non-hydrogen) atoms. The number of halogens is 3. The van der Waals surface area contributed by atoms with Crippen molar-refractivity contribution in [2.75, 3.05) is 7.11 Å². The summed E-state index contributed by atoms with van der Waals surface area (Å²) in [5.41, 5.74) is 2.67. The molecule has 1 amide bonds. The molecule has 1 aliphatic rings. The van der Waals surface area contributed by atoms with Gasteiger partial charge in [-0.15, -0.1) is 13.2 Å². The van der Waals surface area contributed by atoms with Crippen molar-refractivity contribution in [1.29, 1.82) is 0 Å². The van der Waals surface area contributed by atoms with Crippen molar-refractivity contribution in [2.45, 2.75) is 64.0 Å². The zero-order valence-corrected chi connectivity index (χ0v) is 18.7. The number of amides is 1. The molecule has 8 heteroatoms. The van der Waals surface area contributed by atoms with E-state index in [0.717, 1.165) is 11.3 Å². The van der Waals surface area contributed by atoms with Crippen molar-refractivity contribution in [3.63, 3.8) is 0 Å². The number of carbonyl (C=O) groups is 1. The summed E-state index contributed by atoms with van der Waals surface area (Å²) in [6.45, 7) is 6.89. The number of carbonyl (C=O) groups excluding carboxylic acids is 1. The number of piperidine rings is 1. The molecule has 5 nitrogen and oxygen atoms in total.